The van der Waals surface area contributed by atoms with Crippen molar-refractivity contribution in [1.82, 2.24) is 9.88 Å². The van der Waals surface area contributed by atoms with Crippen LogP contribution >= 0.6 is 11.6 Å². The molecule has 0 saturated carbocycles. The van der Waals surface area contributed by atoms with E-state index in [1.807, 2.05) is 17.0 Å². The molecule has 1 unspecified atom stereocenters. The lowest BCUT2D eigenvalue weighted by atomic mass is 10.2. The summed E-state index contributed by atoms with van der Waals surface area (Å²) in [5.41, 5.74) is 1.06. The molecule has 1 N–H and O–H groups in total. The summed E-state index contributed by atoms with van der Waals surface area (Å²) in [5, 5.41) is 18.1. The van der Waals surface area contributed by atoms with Crippen LogP contribution in [0.4, 0.5) is 0 Å². The highest BCUT2D eigenvalue weighted by atomic mass is 35.5. The molecule has 1 rings (SSSR count). The van der Waals surface area contributed by atoms with E-state index in [1.54, 1.807) is 12.4 Å². The minimum atomic E-state index is -0.563. The first-order valence-electron chi connectivity index (χ1n) is 5.48. The average molecular weight is 254 g/mol. The Morgan fingerprint density at radius 1 is 1.59 bits per heavy atom. The van der Waals surface area contributed by atoms with Crippen molar-refractivity contribution < 1.29 is 5.11 Å². The molecule has 0 aliphatic carbocycles. The van der Waals surface area contributed by atoms with Gasteiger partial charge >= 0.3 is 0 Å². The van der Waals surface area contributed by atoms with E-state index in [1.165, 1.54) is 0 Å². The van der Waals surface area contributed by atoms with Crippen LogP contribution in [-0.2, 0) is 6.54 Å². The summed E-state index contributed by atoms with van der Waals surface area (Å²) in [6.45, 7) is 1.77. The van der Waals surface area contributed by atoms with E-state index in [2.05, 4.69) is 11.1 Å². The number of nitriles is 1. The standard InChI is InChI=1S/C12H16ClN3O/c13-7-12(17)10-16(6-2-4-14)9-11-3-1-5-15-8-11/h1,3,5,8,12,17H,2,6-7,9-10H2. The van der Waals surface area contributed by atoms with Crippen molar-refractivity contribution in [1.29, 1.82) is 5.26 Å². The Morgan fingerprint density at radius 3 is 3.00 bits per heavy atom. The lowest BCUT2D eigenvalue weighted by Crippen LogP contribution is -2.33. The molecule has 0 amide bonds. The van der Waals surface area contributed by atoms with Crippen molar-refractivity contribution in [2.75, 3.05) is 19.0 Å². The van der Waals surface area contributed by atoms with Gasteiger partial charge in [-0.3, -0.25) is 9.88 Å². The smallest absolute Gasteiger partial charge is 0.0802 e. The monoisotopic (exact) mass is 253 g/mol. The van der Waals surface area contributed by atoms with E-state index < -0.39 is 6.10 Å². The van der Waals surface area contributed by atoms with Crippen LogP contribution in [0.3, 0.4) is 0 Å². The van der Waals surface area contributed by atoms with Crippen molar-refractivity contribution in [2.24, 2.45) is 0 Å². The highest BCUT2D eigenvalue weighted by molar-refractivity contribution is 6.18. The Bertz CT molecular complexity index is 353. The first-order valence-corrected chi connectivity index (χ1v) is 6.02. The second kappa shape index (κ2) is 8.02. The molecule has 1 aromatic rings. The number of alkyl halides is 1. The largest absolute Gasteiger partial charge is 0.391 e. The van der Waals surface area contributed by atoms with Gasteiger partial charge in [0.25, 0.3) is 0 Å². The van der Waals surface area contributed by atoms with Crippen LogP contribution in [0, 0.1) is 11.3 Å². The third-order valence-electron chi connectivity index (χ3n) is 2.32. The summed E-state index contributed by atoms with van der Waals surface area (Å²) in [6, 6.07) is 5.95. The topological polar surface area (TPSA) is 60.2 Å². The number of aliphatic hydroxyl groups is 1. The molecule has 0 aliphatic heterocycles. The Kier molecular flexibility index (Phi) is 6.56. The number of rotatable bonds is 7. The first-order chi connectivity index (χ1) is 8.26. The van der Waals surface area contributed by atoms with Gasteiger partial charge in [-0.15, -0.1) is 11.6 Å². The Labute approximate surface area is 106 Å². The normalized spacial score (nSPS) is 12.4. The molecule has 0 fully saturated rings. The van der Waals surface area contributed by atoms with Gasteiger partial charge in [0.05, 0.1) is 12.2 Å². The fourth-order valence-electron chi connectivity index (χ4n) is 1.54. The van der Waals surface area contributed by atoms with E-state index in [0.29, 0.717) is 26.1 Å². The number of aromatic nitrogens is 1. The maximum absolute atomic E-state index is 9.53. The Morgan fingerprint density at radius 2 is 2.41 bits per heavy atom. The number of nitrogens with zero attached hydrogens (tertiary/aromatic N) is 3. The quantitative estimate of drug-likeness (QED) is 0.747. The third kappa shape index (κ3) is 5.64. The minimum Gasteiger partial charge on any atom is -0.391 e. The predicted molar refractivity (Wildman–Crippen MR) is 66.5 cm³/mol. The third-order valence-corrected chi connectivity index (χ3v) is 2.67. The first kappa shape index (κ1) is 13.9. The van der Waals surface area contributed by atoms with Gasteiger partial charge in [0.15, 0.2) is 0 Å². The SMILES string of the molecule is N#CCCN(Cc1cccnc1)CC(O)CCl. The zero-order valence-electron chi connectivity index (χ0n) is 9.59. The molecule has 1 atom stereocenters. The van der Waals surface area contributed by atoms with Crippen LogP contribution in [0.2, 0.25) is 0 Å². The van der Waals surface area contributed by atoms with Crippen molar-refractivity contribution in [3.05, 3.63) is 30.1 Å². The Hall–Kier alpha value is -1.15. The summed E-state index contributed by atoms with van der Waals surface area (Å²) >= 11 is 5.58. The average Bonchev–Trinajstić information content (AvgIpc) is 2.37. The number of aliphatic hydroxyl groups excluding tert-OH is 1. The molecule has 0 aliphatic rings. The Balaban J connectivity index is 2.54. The van der Waals surface area contributed by atoms with Gasteiger partial charge in [-0.05, 0) is 11.6 Å². The number of halogens is 1. The molecule has 5 heteroatoms. The summed E-state index contributed by atoms with van der Waals surface area (Å²) in [4.78, 5) is 6.04. The molecule has 0 saturated heterocycles. The molecule has 17 heavy (non-hydrogen) atoms. The second-order valence-corrected chi connectivity index (χ2v) is 4.12. The molecule has 1 aromatic heterocycles. The molecule has 92 valence electrons. The summed E-state index contributed by atoms with van der Waals surface area (Å²) in [7, 11) is 0. The van der Waals surface area contributed by atoms with Gasteiger partial charge < -0.3 is 5.11 Å². The van der Waals surface area contributed by atoms with Crippen LogP contribution in [0.25, 0.3) is 0 Å². The van der Waals surface area contributed by atoms with Crippen molar-refractivity contribution >= 4 is 11.6 Å². The van der Waals surface area contributed by atoms with E-state index in [9.17, 15) is 5.11 Å². The second-order valence-electron chi connectivity index (χ2n) is 3.81. The maximum atomic E-state index is 9.53. The highest BCUT2D eigenvalue weighted by Crippen LogP contribution is 2.05. The summed E-state index contributed by atoms with van der Waals surface area (Å²) in [5.74, 6) is 0.204. The van der Waals surface area contributed by atoms with E-state index in [-0.39, 0.29) is 5.88 Å². The number of pyridine rings is 1. The van der Waals surface area contributed by atoms with Gasteiger partial charge in [-0.25, -0.2) is 0 Å². The van der Waals surface area contributed by atoms with Crippen LogP contribution in [-0.4, -0.2) is 40.1 Å². The van der Waals surface area contributed by atoms with E-state index in [0.717, 1.165) is 5.56 Å². The zero-order chi connectivity index (χ0) is 12.5. The van der Waals surface area contributed by atoms with Gasteiger partial charge in [-0.1, -0.05) is 6.07 Å². The zero-order valence-corrected chi connectivity index (χ0v) is 10.3. The molecular formula is C12H16ClN3O. The molecule has 1 heterocycles. The number of hydrogen-bond acceptors (Lipinski definition) is 4. The van der Waals surface area contributed by atoms with Gasteiger partial charge in [0.2, 0.25) is 0 Å². The summed E-state index contributed by atoms with van der Waals surface area (Å²) < 4.78 is 0. The lowest BCUT2D eigenvalue weighted by Gasteiger charge is -2.23. The van der Waals surface area contributed by atoms with E-state index in [4.69, 9.17) is 16.9 Å². The number of hydrogen-bond donors (Lipinski definition) is 1. The maximum Gasteiger partial charge on any atom is 0.0802 e. The van der Waals surface area contributed by atoms with Gasteiger partial charge in [0, 0.05) is 44.3 Å². The fourth-order valence-corrected chi connectivity index (χ4v) is 1.64. The fraction of sp³-hybridized carbons (Fsp3) is 0.500. The van der Waals surface area contributed by atoms with Crippen molar-refractivity contribution in [3.63, 3.8) is 0 Å². The molecule has 0 aromatic carbocycles. The van der Waals surface area contributed by atoms with Crippen LogP contribution in [0.5, 0.6) is 0 Å². The molecule has 0 radical (unpaired) electrons. The molecule has 0 bridgehead atoms. The minimum absolute atomic E-state index is 0.204. The lowest BCUT2D eigenvalue weighted by molar-refractivity contribution is 0.126. The van der Waals surface area contributed by atoms with Crippen LogP contribution < -0.4 is 0 Å². The summed E-state index contributed by atoms with van der Waals surface area (Å²) in [6.07, 6.45) is 3.38. The predicted octanol–water partition coefficient (Wildman–Crippen LogP) is 1.40. The molecular weight excluding hydrogens is 238 g/mol. The van der Waals surface area contributed by atoms with Crippen LogP contribution in [0.1, 0.15) is 12.0 Å². The molecule has 0 spiro atoms. The van der Waals surface area contributed by atoms with Crippen molar-refractivity contribution in [2.45, 2.75) is 19.1 Å². The van der Waals surface area contributed by atoms with Crippen molar-refractivity contribution in [3.8, 4) is 6.07 Å². The van der Waals surface area contributed by atoms with Crippen LogP contribution in [0.15, 0.2) is 24.5 Å². The molecule has 4 nitrogen and oxygen atoms in total. The van der Waals surface area contributed by atoms with Gasteiger partial charge in [-0.2, -0.15) is 5.26 Å². The van der Waals surface area contributed by atoms with Gasteiger partial charge in [0.1, 0.15) is 0 Å². The van der Waals surface area contributed by atoms with E-state index >= 15 is 0 Å². The highest BCUT2D eigenvalue weighted by Gasteiger charge is 2.11.